The number of nitrogens with zero attached hydrogens (tertiary/aromatic N) is 3. The fraction of sp³-hybridized carbons (Fsp3) is 0.233. The number of aromatic nitrogens is 2. The van der Waals surface area contributed by atoms with Crippen LogP contribution in [0.2, 0.25) is 0 Å². The summed E-state index contributed by atoms with van der Waals surface area (Å²) in [5, 5.41) is 7.20. The third-order valence-corrected chi connectivity index (χ3v) is 7.08. The third kappa shape index (κ3) is 4.87. The summed E-state index contributed by atoms with van der Waals surface area (Å²) in [6, 6.07) is 24.5. The number of anilines is 2. The van der Waals surface area contributed by atoms with Gasteiger partial charge < -0.3 is 20.1 Å². The number of pyridine rings is 1. The number of benzene rings is 2. The van der Waals surface area contributed by atoms with Gasteiger partial charge in [-0.05, 0) is 86.2 Å². The highest BCUT2D eigenvalue weighted by molar-refractivity contribution is 7.80. The van der Waals surface area contributed by atoms with Crippen LogP contribution in [0.3, 0.4) is 0 Å². The molecule has 0 unspecified atom stereocenters. The average molecular weight is 510 g/mol. The second kappa shape index (κ2) is 10.2. The van der Waals surface area contributed by atoms with E-state index in [4.69, 9.17) is 12.2 Å². The van der Waals surface area contributed by atoms with Crippen molar-refractivity contribution in [3.63, 3.8) is 0 Å². The van der Waals surface area contributed by atoms with Crippen LogP contribution < -0.4 is 15.5 Å². The van der Waals surface area contributed by atoms with Crippen LogP contribution in [0.25, 0.3) is 5.69 Å². The number of nitrogens with one attached hydrogen (secondary N) is 2. The first-order chi connectivity index (χ1) is 17.8. The van der Waals surface area contributed by atoms with Crippen LogP contribution in [0.4, 0.5) is 11.4 Å². The predicted octanol–water partition coefficient (Wildman–Crippen LogP) is 6.26. The molecule has 1 saturated heterocycles. The average Bonchev–Trinajstić information content (AvgIpc) is 3.50. The minimum Gasteiger partial charge on any atom is -0.351 e. The summed E-state index contributed by atoms with van der Waals surface area (Å²) in [5.74, 6) is -0.0919. The summed E-state index contributed by atoms with van der Waals surface area (Å²) in [7, 11) is 0. The molecule has 1 aliphatic heterocycles. The fourth-order valence-electron chi connectivity index (χ4n) is 4.72. The van der Waals surface area contributed by atoms with Crippen LogP contribution in [0.5, 0.6) is 0 Å². The van der Waals surface area contributed by atoms with E-state index in [-0.39, 0.29) is 23.9 Å². The van der Waals surface area contributed by atoms with E-state index >= 15 is 0 Å². The van der Waals surface area contributed by atoms with Gasteiger partial charge >= 0.3 is 0 Å². The lowest BCUT2D eigenvalue weighted by molar-refractivity contribution is -0.118. The zero-order valence-electron chi connectivity index (χ0n) is 21.5. The lowest BCUT2D eigenvalue weighted by Crippen LogP contribution is -2.30. The molecule has 37 heavy (non-hydrogen) atoms. The SMILES string of the molecule is Cc1ccc(-n2cccc2[C@@H]2[C@H](c3ccccn3)NC(=S)N2c2ccc(NC(=O)C(C)C)c(C)c2)cc1. The van der Waals surface area contributed by atoms with E-state index in [1.807, 2.05) is 57.3 Å². The molecule has 188 valence electrons. The molecule has 6 nitrogen and oxygen atoms in total. The highest BCUT2D eigenvalue weighted by atomic mass is 32.1. The molecule has 2 N–H and O–H groups in total. The Hall–Kier alpha value is -3.97. The Bertz CT molecular complexity index is 1430. The first kappa shape index (κ1) is 24.7. The van der Waals surface area contributed by atoms with Crippen molar-refractivity contribution < 1.29 is 4.79 Å². The molecule has 0 spiro atoms. The van der Waals surface area contributed by atoms with Crippen LogP contribution in [0, 0.1) is 19.8 Å². The topological polar surface area (TPSA) is 62.2 Å². The maximum atomic E-state index is 12.3. The molecule has 1 fully saturated rings. The molecule has 0 bridgehead atoms. The fourth-order valence-corrected chi connectivity index (χ4v) is 5.07. The molecule has 2 aromatic heterocycles. The van der Waals surface area contributed by atoms with E-state index < -0.39 is 0 Å². The molecule has 2 atom stereocenters. The maximum Gasteiger partial charge on any atom is 0.226 e. The minimum absolute atomic E-state index is 0.00164. The van der Waals surface area contributed by atoms with E-state index in [0.717, 1.165) is 34.0 Å². The van der Waals surface area contributed by atoms with Gasteiger partial charge in [-0.1, -0.05) is 37.6 Å². The number of hydrogen-bond donors (Lipinski definition) is 2. The van der Waals surface area contributed by atoms with Gasteiger partial charge in [0.1, 0.15) is 6.04 Å². The molecule has 3 heterocycles. The number of thiocarbonyl (C=S) groups is 1. The Morgan fingerprint density at radius 2 is 1.76 bits per heavy atom. The highest BCUT2D eigenvalue weighted by Crippen LogP contribution is 2.42. The zero-order valence-corrected chi connectivity index (χ0v) is 22.3. The van der Waals surface area contributed by atoms with Gasteiger partial charge in [0.25, 0.3) is 0 Å². The van der Waals surface area contributed by atoms with Crippen molar-refractivity contribution in [1.82, 2.24) is 14.9 Å². The number of rotatable bonds is 6. The Morgan fingerprint density at radius 1 is 1.00 bits per heavy atom. The van der Waals surface area contributed by atoms with E-state index in [1.165, 1.54) is 5.56 Å². The standard InChI is InChI=1S/C30H31N5OS/c1-19(2)29(36)32-24-15-14-23(18-21(24)4)35-28(27(33-30(35)37)25-8-5-6-16-31-25)26-9-7-17-34(26)22-12-10-20(3)11-13-22/h5-19,27-28H,1-4H3,(H,32,36)(H,33,37)/t27-,28+/m0/s1. The van der Waals surface area contributed by atoms with Gasteiger partial charge in [-0.25, -0.2) is 0 Å². The molecular weight excluding hydrogens is 478 g/mol. The zero-order chi connectivity index (χ0) is 26.1. The number of hydrogen-bond acceptors (Lipinski definition) is 3. The van der Waals surface area contributed by atoms with Crippen molar-refractivity contribution in [2.24, 2.45) is 5.92 Å². The van der Waals surface area contributed by atoms with Crippen molar-refractivity contribution in [2.45, 2.75) is 39.8 Å². The summed E-state index contributed by atoms with van der Waals surface area (Å²) < 4.78 is 2.22. The largest absolute Gasteiger partial charge is 0.351 e. The van der Waals surface area contributed by atoms with E-state index in [9.17, 15) is 4.79 Å². The van der Waals surface area contributed by atoms with Crippen LogP contribution in [-0.4, -0.2) is 20.6 Å². The minimum atomic E-state index is -0.145. The summed E-state index contributed by atoms with van der Waals surface area (Å²) in [5.41, 5.74) is 7.07. The number of aryl methyl sites for hydroxylation is 2. The molecule has 2 aromatic carbocycles. The summed E-state index contributed by atoms with van der Waals surface area (Å²) in [6.07, 6.45) is 3.90. The van der Waals surface area contributed by atoms with Gasteiger partial charge in [-0.2, -0.15) is 0 Å². The normalized spacial score (nSPS) is 17.2. The van der Waals surface area contributed by atoms with Crippen molar-refractivity contribution in [1.29, 1.82) is 0 Å². The summed E-state index contributed by atoms with van der Waals surface area (Å²) in [6.45, 7) is 7.87. The van der Waals surface area contributed by atoms with Gasteiger partial charge in [0, 0.05) is 41.1 Å². The molecule has 0 aliphatic carbocycles. The van der Waals surface area contributed by atoms with Crippen LogP contribution in [0.15, 0.2) is 85.2 Å². The lowest BCUT2D eigenvalue weighted by Gasteiger charge is -2.29. The monoisotopic (exact) mass is 509 g/mol. The molecular formula is C30H31N5OS. The Kier molecular flexibility index (Phi) is 6.80. The third-order valence-electron chi connectivity index (χ3n) is 6.76. The number of carbonyl (C=O) groups is 1. The van der Waals surface area contributed by atoms with Crippen LogP contribution in [-0.2, 0) is 4.79 Å². The van der Waals surface area contributed by atoms with Gasteiger partial charge in [-0.3, -0.25) is 9.78 Å². The predicted molar refractivity (Wildman–Crippen MR) is 153 cm³/mol. The summed E-state index contributed by atoms with van der Waals surface area (Å²) in [4.78, 5) is 19.1. The van der Waals surface area contributed by atoms with Crippen LogP contribution >= 0.6 is 12.2 Å². The van der Waals surface area contributed by atoms with Crippen molar-refractivity contribution in [3.8, 4) is 5.69 Å². The Morgan fingerprint density at radius 3 is 2.43 bits per heavy atom. The Labute approximate surface area is 223 Å². The van der Waals surface area contributed by atoms with Crippen LogP contribution in [0.1, 0.15) is 48.4 Å². The van der Waals surface area contributed by atoms with Crippen molar-refractivity contribution in [3.05, 3.63) is 108 Å². The molecule has 7 heteroatoms. The quantitative estimate of drug-likeness (QED) is 0.300. The second-order valence-electron chi connectivity index (χ2n) is 9.78. The van der Waals surface area contributed by atoms with Gasteiger partial charge in [0.05, 0.1) is 11.7 Å². The van der Waals surface area contributed by atoms with Crippen molar-refractivity contribution >= 4 is 34.6 Å². The first-order valence-corrected chi connectivity index (χ1v) is 12.9. The first-order valence-electron chi connectivity index (χ1n) is 12.5. The van der Waals surface area contributed by atoms with Gasteiger partial charge in [0.2, 0.25) is 5.91 Å². The molecule has 1 amide bonds. The molecule has 0 radical (unpaired) electrons. The molecule has 0 saturated carbocycles. The lowest BCUT2D eigenvalue weighted by atomic mass is 10.00. The molecule has 5 rings (SSSR count). The number of amides is 1. The number of carbonyl (C=O) groups excluding carboxylic acids is 1. The maximum absolute atomic E-state index is 12.3. The van der Waals surface area contributed by atoms with E-state index in [0.29, 0.717) is 5.11 Å². The van der Waals surface area contributed by atoms with E-state index in [1.54, 1.807) is 0 Å². The highest BCUT2D eigenvalue weighted by Gasteiger charge is 2.42. The van der Waals surface area contributed by atoms with E-state index in [2.05, 4.69) is 80.7 Å². The smallest absolute Gasteiger partial charge is 0.226 e. The second-order valence-corrected chi connectivity index (χ2v) is 10.2. The summed E-state index contributed by atoms with van der Waals surface area (Å²) >= 11 is 5.92. The molecule has 4 aromatic rings. The van der Waals surface area contributed by atoms with Gasteiger partial charge in [-0.15, -0.1) is 0 Å². The van der Waals surface area contributed by atoms with Crippen molar-refractivity contribution in [2.75, 3.05) is 10.2 Å². The molecule has 1 aliphatic rings. The van der Waals surface area contributed by atoms with Gasteiger partial charge in [0.15, 0.2) is 5.11 Å². The Balaban J connectivity index is 1.59.